The largest absolute Gasteiger partial charge is 0.416 e. The van der Waals surface area contributed by atoms with E-state index in [1.54, 1.807) is 6.07 Å². The molecule has 0 aliphatic rings. The van der Waals surface area contributed by atoms with Crippen molar-refractivity contribution in [3.8, 4) is 0 Å². The van der Waals surface area contributed by atoms with Crippen LogP contribution in [0.1, 0.15) is 17.5 Å². The van der Waals surface area contributed by atoms with Crippen molar-refractivity contribution in [3.63, 3.8) is 0 Å². The van der Waals surface area contributed by atoms with E-state index < -0.39 is 11.7 Å². The number of benzene rings is 1. The first-order chi connectivity index (χ1) is 6.54. The van der Waals surface area contributed by atoms with Gasteiger partial charge in [0.05, 0.1) is 12.2 Å². The maximum atomic E-state index is 12.2. The molecule has 1 nitrogen and oxygen atoms in total. The van der Waals surface area contributed by atoms with Crippen molar-refractivity contribution in [1.82, 2.24) is 0 Å². The van der Waals surface area contributed by atoms with Gasteiger partial charge in [0.15, 0.2) is 0 Å². The zero-order valence-electron chi connectivity index (χ0n) is 7.47. The molecule has 0 heterocycles. The SMILES string of the molecule is [O]CCCc1cccc(C(F)(F)F)c1. The van der Waals surface area contributed by atoms with Crippen LogP contribution in [-0.2, 0) is 17.7 Å². The van der Waals surface area contributed by atoms with Crippen molar-refractivity contribution < 1.29 is 18.3 Å². The van der Waals surface area contributed by atoms with E-state index >= 15 is 0 Å². The Labute approximate surface area is 80.2 Å². The van der Waals surface area contributed by atoms with Crippen LogP contribution >= 0.6 is 0 Å². The summed E-state index contributed by atoms with van der Waals surface area (Å²) in [5.41, 5.74) is -0.0865. The third kappa shape index (κ3) is 3.03. The molecule has 1 aromatic carbocycles. The van der Waals surface area contributed by atoms with Gasteiger partial charge >= 0.3 is 6.18 Å². The fourth-order valence-corrected chi connectivity index (χ4v) is 1.18. The quantitative estimate of drug-likeness (QED) is 0.719. The second kappa shape index (κ2) is 4.46. The highest BCUT2D eigenvalue weighted by atomic mass is 19.4. The molecule has 77 valence electrons. The molecule has 0 atom stereocenters. The van der Waals surface area contributed by atoms with Gasteiger partial charge < -0.3 is 0 Å². The standard InChI is InChI=1S/C10H10F3O/c11-10(12,13)9-5-1-3-8(7-9)4-2-6-14/h1,3,5,7H,2,4,6H2. The van der Waals surface area contributed by atoms with Gasteiger partial charge in [-0.3, -0.25) is 0 Å². The number of alkyl halides is 3. The van der Waals surface area contributed by atoms with Gasteiger partial charge in [-0.15, -0.1) is 0 Å². The van der Waals surface area contributed by atoms with E-state index in [0.29, 0.717) is 18.4 Å². The molecule has 0 N–H and O–H groups in total. The van der Waals surface area contributed by atoms with E-state index in [-0.39, 0.29) is 6.61 Å². The summed E-state index contributed by atoms with van der Waals surface area (Å²) in [4.78, 5) is 0. The Morgan fingerprint density at radius 2 is 1.93 bits per heavy atom. The Morgan fingerprint density at radius 1 is 1.21 bits per heavy atom. The molecule has 0 bridgehead atoms. The maximum Gasteiger partial charge on any atom is 0.416 e. The summed E-state index contributed by atoms with van der Waals surface area (Å²) in [6.07, 6.45) is -3.51. The molecule has 0 aromatic heterocycles. The predicted molar refractivity (Wildman–Crippen MR) is 45.3 cm³/mol. The summed E-state index contributed by atoms with van der Waals surface area (Å²) in [5.74, 6) is 0. The van der Waals surface area contributed by atoms with Gasteiger partial charge in [0.1, 0.15) is 0 Å². The van der Waals surface area contributed by atoms with Crippen molar-refractivity contribution >= 4 is 0 Å². The van der Waals surface area contributed by atoms with Gasteiger partial charge in [-0.05, 0) is 24.5 Å². The van der Waals surface area contributed by atoms with E-state index in [1.807, 2.05) is 0 Å². The Morgan fingerprint density at radius 3 is 2.50 bits per heavy atom. The average Bonchev–Trinajstić information content (AvgIpc) is 2.14. The monoisotopic (exact) mass is 203 g/mol. The Bertz CT molecular complexity index is 294. The maximum absolute atomic E-state index is 12.2. The van der Waals surface area contributed by atoms with Crippen LogP contribution in [0.4, 0.5) is 13.2 Å². The van der Waals surface area contributed by atoms with Crippen LogP contribution in [0.5, 0.6) is 0 Å². The van der Waals surface area contributed by atoms with Gasteiger partial charge in [-0.2, -0.15) is 13.2 Å². The van der Waals surface area contributed by atoms with Crippen molar-refractivity contribution in [2.24, 2.45) is 0 Å². The van der Waals surface area contributed by atoms with Crippen LogP contribution in [0.15, 0.2) is 24.3 Å². The zero-order chi connectivity index (χ0) is 10.6. The second-order valence-corrected chi connectivity index (χ2v) is 3.01. The normalized spacial score (nSPS) is 11.7. The van der Waals surface area contributed by atoms with Gasteiger partial charge in [-0.25, -0.2) is 5.11 Å². The predicted octanol–water partition coefficient (Wildman–Crippen LogP) is 3.07. The lowest BCUT2D eigenvalue weighted by molar-refractivity contribution is -0.137. The molecule has 14 heavy (non-hydrogen) atoms. The Balaban J connectivity index is 2.79. The van der Waals surface area contributed by atoms with E-state index in [4.69, 9.17) is 0 Å². The Hall–Kier alpha value is -1.03. The van der Waals surface area contributed by atoms with Gasteiger partial charge in [0.25, 0.3) is 0 Å². The minimum atomic E-state index is -4.30. The third-order valence-electron chi connectivity index (χ3n) is 1.86. The van der Waals surface area contributed by atoms with E-state index in [9.17, 15) is 18.3 Å². The van der Waals surface area contributed by atoms with E-state index in [1.165, 1.54) is 6.07 Å². The molecule has 1 radical (unpaired) electrons. The van der Waals surface area contributed by atoms with E-state index in [0.717, 1.165) is 12.1 Å². The molecule has 1 rings (SSSR count). The Kier molecular flexibility index (Phi) is 3.52. The summed E-state index contributed by atoms with van der Waals surface area (Å²) < 4.78 is 36.7. The van der Waals surface area contributed by atoms with E-state index in [2.05, 4.69) is 0 Å². The first kappa shape index (κ1) is 11.0. The summed E-state index contributed by atoms with van der Waals surface area (Å²) in [6.45, 7) is -0.254. The summed E-state index contributed by atoms with van der Waals surface area (Å²) in [6, 6.07) is 5.09. The smallest absolute Gasteiger partial charge is 0.237 e. The molecule has 0 saturated heterocycles. The average molecular weight is 203 g/mol. The fourth-order valence-electron chi connectivity index (χ4n) is 1.18. The number of rotatable bonds is 3. The topological polar surface area (TPSA) is 19.9 Å². The molecule has 0 spiro atoms. The van der Waals surface area contributed by atoms with Crippen molar-refractivity contribution in [1.29, 1.82) is 0 Å². The lowest BCUT2D eigenvalue weighted by atomic mass is 10.1. The first-order valence-electron chi connectivity index (χ1n) is 4.28. The zero-order valence-corrected chi connectivity index (χ0v) is 7.47. The molecule has 4 heteroatoms. The fraction of sp³-hybridized carbons (Fsp3) is 0.400. The minimum absolute atomic E-state index is 0.254. The molecule has 0 amide bonds. The van der Waals surface area contributed by atoms with Crippen LogP contribution in [0.3, 0.4) is 0 Å². The molecule has 0 aliphatic heterocycles. The molecular formula is C10H10F3O. The van der Waals surface area contributed by atoms with Gasteiger partial charge in [0, 0.05) is 0 Å². The highest BCUT2D eigenvalue weighted by molar-refractivity contribution is 5.25. The van der Waals surface area contributed by atoms with Gasteiger partial charge in [-0.1, -0.05) is 18.2 Å². The number of hydrogen-bond donors (Lipinski definition) is 0. The van der Waals surface area contributed by atoms with Crippen LogP contribution < -0.4 is 0 Å². The molecule has 0 unspecified atom stereocenters. The highest BCUT2D eigenvalue weighted by Crippen LogP contribution is 2.29. The molecular weight excluding hydrogens is 193 g/mol. The third-order valence-corrected chi connectivity index (χ3v) is 1.86. The summed E-state index contributed by atoms with van der Waals surface area (Å²) >= 11 is 0. The molecule has 0 fully saturated rings. The van der Waals surface area contributed by atoms with Crippen molar-refractivity contribution in [2.45, 2.75) is 19.0 Å². The lowest BCUT2D eigenvalue weighted by Gasteiger charge is -2.07. The lowest BCUT2D eigenvalue weighted by Crippen LogP contribution is -2.05. The number of aryl methyl sites for hydroxylation is 1. The summed E-state index contributed by atoms with van der Waals surface area (Å²) in [7, 11) is 0. The van der Waals surface area contributed by atoms with Gasteiger partial charge in [0.2, 0.25) is 0 Å². The van der Waals surface area contributed by atoms with Crippen LogP contribution in [0.25, 0.3) is 0 Å². The van der Waals surface area contributed by atoms with Crippen molar-refractivity contribution in [2.75, 3.05) is 6.61 Å². The van der Waals surface area contributed by atoms with Crippen molar-refractivity contribution in [3.05, 3.63) is 35.4 Å². The molecule has 0 aliphatic carbocycles. The first-order valence-corrected chi connectivity index (χ1v) is 4.28. The minimum Gasteiger partial charge on any atom is -0.237 e. The highest BCUT2D eigenvalue weighted by Gasteiger charge is 2.30. The number of halogens is 3. The van der Waals surface area contributed by atoms with Crippen LogP contribution in [0.2, 0.25) is 0 Å². The molecule has 0 saturated carbocycles. The molecule has 1 aromatic rings. The summed E-state index contributed by atoms with van der Waals surface area (Å²) in [5, 5.41) is 10.2. The van der Waals surface area contributed by atoms with Crippen LogP contribution in [0, 0.1) is 0 Å². The number of hydrogen-bond acceptors (Lipinski definition) is 0. The second-order valence-electron chi connectivity index (χ2n) is 3.01. The van der Waals surface area contributed by atoms with Crippen LogP contribution in [-0.4, -0.2) is 6.61 Å².